The summed E-state index contributed by atoms with van der Waals surface area (Å²) in [6.07, 6.45) is 1.57. The van der Waals surface area contributed by atoms with Crippen molar-refractivity contribution in [2.45, 2.75) is 9.79 Å². The SMILES string of the molecule is COc1ccc(Sc2ccccc2C=NNC(N)=O)cc1. The summed E-state index contributed by atoms with van der Waals surface area (Å²) in [6, 6.07) is 14.9. The molecule has 0 unspecified atom stereocenters. The van der Waals surface area contributed by atoms with Gasteiger partial charge in [-0.2, -0.15) is 5.10 Å². The Morgan fingerprint density at radius 2 is 1.95 bits per heavy atom. The van der Waals surface area contributed by atoms with Crippen LogP contribution < -0.4 is 15.9 Å². The minimum atomic E-state index is -0.688. The summed E-state index contributed by atoms with van der Waals surface area (Å²) in [7, 11) is 1.64. The molecule has 0 saturated carbocycles. The van der Waals surface area contributed by atoms with E-state index in [0.717, 1.165) is 21.1 Å². The second-order valence-corrected chi connectivity index (χ2v) is 5.17. The number of nitrogens with one attached hydrogen (secondary N) is 1. The number of rotatable bonds is 5. The average Bonchev–Trinajstić information content (AvgIpc) is 2.49. The molecule has 0 aliphatic carbocycles. The number of methoxy groups -OCH3 is 1. The van der Waals surface area contributed by atoms with E-state index in [-0.39, 0.29) is 0 Å². The molecular weight excluding hydrogens is 286 g/mol. The van der Waals surface area contributed by atoms with Crippen LogP contribution in [0.4, 0.5) is 4.79 Å². The van der Waals surface area contributed by atoms with Gasteiger partial charge in [0.2, 0.25) is 0 Å². The van der Waals surface area contributed by atoms with Crippen LogP contribution in [-0.4, -0.2) is 19.4 Å². The van der Waals surface area contributed by atoms with Crippen LogP contribution in [0.5, 0.6) is 5.75 Å². The highest BCUT2D eigenvalue weighted by atomic mass is 32.2. The fourth-order valence-electron chi connectivity index (χ4n) is 1.62. The molecule has 0 aromatic heterocycles. The fourth-order valence-corrected chi connectivity index (χ4v) is 2.53. The van der Waals surface area contributed by atoms with Gasteiger partial charge in [0.05, 0.1) is 13.3 Å². The molecule has 0 heterocycles. The molecule has 2 aromatic carbocycles. The van der Waals surface area contributed by atoms with Gasteiger partial charge in [0.25, 0.3) is 0 Å². The number of primary amides is 1. The summed E-state index contributed by atoms with van der Waals surface area (Å²) >= 11 is 1.60. The Morgan fingerprint density at radius 1 is 1.24 bits per heavy atom. The third-order valence-electron chi connectivity index (χ3n) is 2.58. The summed E-state index contributed by atoms with van der Waals surface area (Å²) in [4.78, 5) is 12.7. The van der Waals surface area contributed by atoms with E-state index < -0.39 is 6.03 Å². The summed E-state index contributed by atoms with van der Waals surface area (Å²) in [6.45, 7) is 0. The van der Waals surface area contributed by atoms with Gasteiger partial charge in [-0.05, 0) is 30.3 Å². The molecule has 2 rings (SSSR count). The minimum Gasteiger partial charge on any atom is -0.497 e. The van der Waals surface area contributed by atoms with Crippen LogP contribution in [0.2, 0.25) is 0 Å². The predicted molar refractivity (Wildman–Crippen MR) is 83.9 cm³/mol. The van der Waals surface area contributed by atoms with E-state index in [0.29, 0.717) is 0 Å². The number of benzene rings is 2. The van der Waals surface area contributed by atoms with E-state index in [1.807, 2.05) is 48.5 Å². The van der Waals surface area contributed by atoms with Crippen molar-refractivity contribution in [3.05, 3.63) is 54.1 Å². The standard InChI is InChI=1S/C15H15N3O2S/c1-20-12-6-8-13(9-7-12)21-14-5-3-2-4-11(14)10-17-18-15(16)19/h2-10H,1H3,(H3,16,18,19). The first-order valence-electron chi connectivity index (χ1n) is 6.18. The highest BCUT2D eigenvalue weighted by molar-refractivity contribution is 7.99. The van der Waals surface area contributed by atoms with Crippen LogP contribution in [0.15, 0.2) is 63.4 Å². The van der Waals surface area contributed by atoms with Gasteiger partial charge < -0.3 is 10.5 Å². The third kappa shape index (κ3) is 4.54. The minimum absolute atomic E-state index is 0.688. The maximum Gasteiger partial charge on any atom is 0.332 e. The lowest BCUT2D eigenvalue weighted by Gasteiger charge is -2.06. The molecule has 2 amide bonds. The van der Waals surface area contributed by atoms with Gasteiger partial charge in [0.15, 0.2) is 0 Å². The van der Waals surface area contributed by atoms with Crippen molar-refractivity contribution < 1.29 is 9.53 Å². The lowest BCUT2D eigenvalue weighted by Crippen LogP contribution is -2.24. The van der Waals surface area contributed by atoms with Crippen molar-refractivity contribution in [3.8, 4) is 5.75 Å². The first-order valence-corrected chi connectivity index (χ1v) is 7.00. The number of ether oxygens (including phenoxy) is 1. The molecule has 0 aliphatic heterocycles. The van der Waals surface area contributed by atoms with Crippen LogP contribution in [0.25, 0.3) is 0 Å². The maximum absolute atomic E-state index is 10.6. The van der Waals surface area contributed by atoms with E-state index >= 15 is 0 Å². The topological polar surface area (TPSA) is 76.7 Å². The summed E-state index contributed by atoms with van der Waals surface area (Å²) < 4.78 is 5.14. The normalized spacial score (nSPS) is 10.5. The molecule has 0 atom stereocenters. The number of hydrogen-bond donors (Lipinski definition) is 2. The monoisotopic (exact) mass is 301 g/mol. The maximum atomic E-state index is 10.6. The Kier molecular flexibility index (Phi) is 5.22. The highest BCUT2D eigenvalue weighted by Crippen LogP contribution is 2.30. The molecular formula is C15H15N3O2S. The lowest BCUT2D eigenvalue weighted by molar-refractivity contribution is 0.249. The number of nitrogens with two attached hydrogens (primary N) is 1. The zero-order valence-corrected chi connectivity index (χ0v) is 12.3. The van der Waals surface area contributed by atoms with Gasteiger partial charge in [-0.1, -0.05) is 30.0 Å². The molecule has 0 aliphatic rings. The van der Waals surface area contributed by atoms with Crippen LogP contribution in [-0.2, 0) is 0 Å². The van der Waals surface area contributed by atoms with Crippen LogP contribution in [0.3, 0.4) is 0 Å². The Bertz CT molecular complexity index is 642. The van der Waals surface area contributed by atoms with Crippen LogP contribution >= 0.6 is 11.8 Å². The number of carbonyl (C=O) groups is 1. The summed E-state index contributed by atoms with van der Waals surface area (Å²) in [5, 5.41) is 3.79. The van der Waals surface area contributed by atoms with E-state index in [1.165, 1.54) is 0 Å². The Balaban J connectivity index is 2.15. The largest absolute Gasteiger partial charge is 0.497 e. The smallest absolute Gasteiger partial charge is 0.332 e. The van der Waals surface area contributed by atoms with Gasteiger partial charge >= 0.3 is 6.03 Å². The van der Waals surface area contributed by atoms with Crippen LogP contribution in [0.1, 0.15) is 5.56 Å². The summed E-state index contributed by atoms with van der Waals surface area (Å²) in [5.41, 5.74) is 8.04. The van der Waals surface area contributed by atoms with Gasteiger partial charge in [0.1, 0.15) is 5.75 Å². The zero-order valence-electron chi connectivity index (χ0n) is 11.4. The Labute approximate surface area is 127 Å². The third-order valence-corrected chi connectivity index (χ3v) is 3.68. The fraction of sp³-hybridized carbons (Fsp3) is 0.0667. The van der Waals surface area contributed by atoms with Crippen molar-refractivity contribution in [3.63, 3.8) is 0 Å². The van der Waals surface area contributed by atoms with E-state index in [2.05, 4.69) is 10.5 Å². The van der Waals surface area contributed by atoms with Gasteiger partial charge in [-0.25, -0.2) is 10.2 Å². The predicted octanol–water partition coefficient (Wildman–Crippen LogP) is 2.85. The molecule has 2 aromatic rings. The Morgan fingerprint density at radius 3 is 2.62 bits per heavy atom. The van der Waals surface area contributed by atoms with Crippen molar-refractivity contribution in [2.24, 2.45) is 10.8 Å². The van der Waals surface area contributed by atoms with Gasteiger partial charge in [-0.3, -0.25) is 0 Å². The molecule has 21 heavy (non-hydrogen) atoms. The number of hydrazone groups is 1. The summed E-state index contributed by atoms with van der Waals surface area (Å²) in [5.74, 6) is 0.819. The first kappa shape index (κ1) is 14.9. The zero-order chi connectivity index (χ0) is 15.1. The van der Waals surface area contributed by atoms with Crippen molar-refractivity contribution >= 4 is 24.0 Å². The van der Waals surface area contributed by atoms with Gasteiger partial charge in [-0.15, -0.1) is 0 Å². The lowest BCUT2D eigenvalue weighted by atomic mass is 10.2. The first-order chi connectivity index (χ1) is 10.2. The van der Waals surface area contributed by atoms with Crippen molar-refractivity contribution in [1.82, 2.24) is 5.43 Å². The molecule has 108 valence electrons. The molecule has 3 N–H and O–H groups in total. The molecule has 6 heteroatoms. The molecule has 0 bridgehead atoms. The average molecular weight is 301 g/mol. The molecule has 0 fully saturated rings. The van der Waals surface area contributed by atoms with E-state index in [9.17, 15) is 4.79 Å². The Hall–Kier alpha value is -2.47. The molecule has 0 radical (unpaired) electrons. The number of amides is 2. The number of nitrogens with zero attached hydrogens (tertiary/aromatic N) is 1. The molecule has 5 nitrogen and oxygen atoms in total. The number of hydrogen-bond acceptors (Lipinski definition) is 4. The van der Waals surface area contributed by atoms with Crippen molar-refractivity contribution in [2.75, 3.05) is 7.11 Å². The number of urea groups is 1. The quantitative estimate of drug-likeness (QED) is 0.658. The molecule has 0 spiro atoms. The van der Waals surface area contributed by atoms with Crippen LogP contribution in [0, 0.1) is 0 Å². The second kappa shape index (κ2) is 7.35. The number of carbonyl (C=O) groups excluding carboxylic acids is 1. The highest BCUT2D eigenvalue weighted by Gasteiger charge is 2.03. The van der Waals surface area contributed by atoms with Gasteiger partial charge in [0, 0.05) is 15.4 Å². The molecule has 0 saturated heterocycles. The van der Waals surface area contributed by atoms with E-state index in [1.54, 1.807) is 25.1 Å². The van der Waals surface area contributed by atoms with Crippen molar-refractivity contribution in [1.29, 1.82) is 0 Å². The second-order valence-electron chi connectivity index (χ2n) is 4.05. The van der Waals surface area contributed by atoms with E-state index in [4.69, 9.17) is 10.5 Å².